The maximum atomic E-state index is 13.5. The van der Waals surface area contributed by atoms with Crippen molar-refractivity contribution in [2.24, 2.45) is 0 Å². The second kappa shape index (κ2) is 10.4. The molecule has 8 heteroatoms. The average molecular weight is 440 g/mol. The molecular weight excluding hydrogens is 418 g/mol. The van der Waals surface area contributed by atoms with Crippen LogP contribution in [-0.4, -0.2) is 26.0 Å². The molecule has 0 bridgehead atoms. The first-order valence-electron chi connectivity index (χ1n) is 9.72. The molecule has 2 N–H and O–H groups in total. The highest BCUT2D eigenvalue weighted by Gasteiger charge is 2.11. The summed E-state index contributed by atoms with van der Waals surface area (Å²) < 4.78 is 36.7. The average Bonchev–Trinajstić information content (AvgIpc) is 2.82. The Labute approximate surface area is 184 Å². The van der Waals surface area contributed by atoms with Crippen molar-refractivity contribution >= 4 is 11.8 Å². The Morgan fingerprint density at radius 1 is 0.688 bits per heavy atom. The minimum Gasteiger partial charge on any atom is -0.494 e. The molecular formula is C24H22F2N2O4. The van der Waals surface area contributed by atoms with Crippen molar-refractivity contribution in [3.8, 4) is 11.5 Å². The smallest absolute Gasteiger partial charge is 0.251 e. The highest BCUT2D eigenvalue weighted by atomic mass is 19.1. The van der Waals surface area contributed by atoms with Crippen LogP contribution in [0, 0.1) is 11.6 Å². The van der Waals surface area contributed by atoms with Crippen LogP contribution in [0.3, 0.4) is 0 Å². The fourth-order valence-corrected chi connectivity index (χ4v) is 2.95. The first-order valence-corrected chi connectivity index (χ1v) is 9.72. The second-order valence-corrected chi connectivity index (χ2v) is 6.88. The molecule has 166 valence electrons. The Hall–Kier alpha value is -3.94. The Kier molecular flexibility index (Phi) is 7.38. The number of benzene rings is 3. The summed E-state index contributed by atoms with van der Waals surface area (Å²) in [5.74, 6) is -1.77. The van der Waals surface area contributed by atoms with Crippen LogP contribution in [0.15, 0.2) is 60.7 Å². The maximum absolute atomic E-state index is 13.5. The third-order valence-electron chi connectivity index (χ3n) is 4.76. The summed E-state index contributed by atoms with van der Waals surface area (Å²) in [5.41, 5.74) is 2.29. The number of carbonyl (C=O) groups is 2. The predicted molar refractivity (Wildman–Crippen MR) is 115 cm³/mol. The highest BCUT2D eigenvalue weighted by molar-refractivity contribution is 5.95. The standard InChI is InChI=1S/C24H22F2N2O4/c1-31-21-11-17(7-9-19(21)25)23(29)27-13-15-3-5-16(6-4-15)14-28-24(30)18-8-10-20(26)22(12-18)32-2/h3-12H,13-14H2,1-2H3,(H,27,29)(H,28,30). The van der Waals surface area contributed by atoms with Crippen LogP contribution < -0.4 is 20.1 Å². The largest absolute Gasteiger partial charge is 0.494 e. The van der Waals surface area contributed by atoms with Crippen LogP contribution in [0.1, 0.15) is 31.8 Å². The van der Waals surface area contributed by atoms with Crippen molar-refractivity contribution in [2.75, 3.05) is 14.2 Å². The van der Waals surface area contributed by atoms with Gasteiger partial charge in [-0.25, -0.2) is 8.78 Å². The van der Waals surface area contributed by atoms with Crippen LogP contribution in [-0.2, 0) is 13.1 Å². The lowest BCUT2D eigenvalue weighted by atomic mass is 10.1. The molecule has 0 spiro atoms. The van der Waals surface area contributed by atoms with Gasteiger partial charge in [0, 0.05) is 24.2 Å². The molecule has 3 rings (SSSR count). The van der Waals surface area contributed by atoms with E-state index in [2.05, 4.69) is 10.6 Å². The third kappa shape index (κ3) is 5.60. The molecule has 0 unspecified atom stereocenters. The van der Waals surface area contributed by atoms with Crippen molar-refractivity contribution < 1.29 is 27.8 Å². The molecule has 6 nitrogen and oxygen atoms in total. The number of halogens is 2. The number of carbonyl (C=O) groups excluding carboxylic acids is 2. The summed E-state index contributed by atoms with van der Waals surface area (Å²) in [6.07, 6.45) is 0. The Balaban J connectivity index is 1.53. The third-order valence-corrected chi connectivity index (χ3v) is 4.76. The van der Waals surface area contributed by atoms with Gasteiger partial charge in [0.25, 0.3) is 11.8 Å². The molecule has 0 saturated carbocycles. The molecule has 0 atom stereocenters. The van der Waals surface area contributed by atoms with Gasteiger partial charge in [0.2, 0.25) is 0 Å². The van der Waals surface area contributed by atoms with Crippen LogP contribution in [0.25, 0.3) is 0 Å². The van der Waals surface area contributed by atoms with Crippen LogP contribution >= 0.6 is 0 Å². The van der Waals surface area contributed by atoms with Crippen molar-refractivity contribution in [3.05, 3.63) is 94.6 Å². The van der Waals surface area contributed by atoms with E-state index in [9.17, 15) is 18.4 Å². The molecule has 0 aromatic heterocycles. The van der Waals surface area contributed by atoms with Gasteiger partial charge in [-0.05, 0) is 47.5 Å². The van der Waals surface area contributed by atoms with Crippen LogP contribution in [0.4, 0.5) is 8.78 Å². The van der Waals surface area contributed by atoms with Crippen molar-refractivity contribution in [3.63, 3.8) is 0 Å². The van der Waals surface area contributed by atoms with Gasteiger partial charge in [0.05, 0.1) is 14.2 Å². The number of methoxy groups -OCH3 is 2. The zero-order valence-corrected chi connectivity index (χ0v) is 17.6. The summed E-state index contributed by atoms with van der Waals surface area (Å²) in [4.78, 5) is 24.5. The Morgan fingerprint density at radius 2 is 1.06 bits per heavy atom. The monoisotopic (exact) mass is 440 g/mol. The van der Waals surface area contributed by atoms with Gasteiger partial charge in [0.1, 0.15) is 0 Å². The molecule has 0 radical (unpaired) electrons. The van der Waals surface area contributed by atoms with E-state index < -0.39 is 11.6 Å². The summed E-state index contributed by atoms with van der Waals surface area (Å²) in [7, 11) is 2.67. The maximum Gasteiger partial charge on any atom is 0.251 e. The second-order valence-electron chi connectivity index (χ2n) is 6.88. The zero-order chi connectivity index (χ0) is 23.1. The first-order chi connectivity index (χ1) is 15.4. The molecule has 0 aliphatic rings. The van der Waals surface area contributed by atoms with E-state index in [1.165, 1.54) is 50.6 Å². The molecule has 0 saturated heterocycles. The van der Waals surface area contributed by atoms with E-state index >= 15 is 0 Å². The van der Waals surface area contributed by atoms with Gasteiger partial charge in [-0.3, -0.25) is 9.59 Å². The van der Waals surface area contributed by atoms with Crippen molar-refractivity contribution in [2.45, 2.75) is 13.1 Å². The van der Waals surface area contributed by atoms with Gasteiger partial charge in [-0.1, -0.05) is 24.3 Å². The number of nitrogens with one attached hydrogen (secondary N) is 2. The SMILES string of the molecule is COc1cc(C(=O)NCc2ccc(CNC(=O)c3ccc(F)c(OC)c3)cc2)ccc1F. The molecule has 32 heavy (non-hydrogen) atoms. The number of rotatable bonds is 8. The number of hydrogen-bond acceptors (Lipinski definition) is 4. The summed E-state index contributed by atoms with van der Waals surface area (Å²) in [6, 6.07) is 15.1. The van der Waals surface area contributed by atoms with E-state index in [1.54, 1.807) is 0 Å². The van der Waals surface area contributed by atoms with E-state index in [-0.39, 0.29) is 36.4 Å². The predicted octanol–water partition coefficient (Wildman–Crippen LogP) is 3.84. The topological polar surface area (TPSA) is 76.7 Å². The van der Waals surface area contributed by atoms with Gasteiger partial charge in [-0.15, -0.1) is 0 Å². The quantitative estimate of drug-likeness (QED) is 0.558. The van der Waals surface area contributed by atoms with Crippen molar-refractivity contribution in [1.82, 2.24) is 10.6 Å². The molecule has 3 aromatic carbocycles. The first kappa shape index (κ1) is 22.7. The highest BCUT2D eigenvalue weighted by Crippen LogP contribution is 2.19. The van der Waals surface area contributed by atoms with E-state index in [1.807, 2.05) is 24.3 Å². The zero-order valence-electron chi connectivity index (χ0n) is 17.6. The van der Waals surface area contributed by atoms with E-state index in [4.69, 9.17) is 9.47 Å². The fraction of sp³-hybridized carbons (Fsp3) is 0.167. The lowest BCUT2D eigenvalue weighted by Crippen LogP contribution is -2.23. The van der Waals surface area contributed by atoms with Gasteiger partial charge >= 0.3 is 0 Å². The Morgan fingerprint density at radius 3 is 1.41 bits per heavy atom. The number of hydrogen-bond donors (Lipinski definition) is 2. The van der Waals surface area contributed by atoms with Gasteiger partial charge in [-0.2, -0.15) is 0 Å². The number of ether oxygens (including phenoxy) is 2. The lowest BCUT2D eigenvalue weighted by molar-refractivity contribution is 0.0942. The minimum atomic E-state index is -0.537. The lowest BCUT2D eigenvalue weighted by Gasteiger charge is -2.09. The summed E-state index contributed by atoms with van der Waals surface area (Å²) in [5, 5.41) is 5.53. The normalized spacial score (nSPS) is 10.4. The molecule has 2 amide bonds. The molecule has 0 aliphatic heterocycles. The molecule has 0 heterocycles. The Bertz CT molecular complexity index is 1030. The van der Waals surface area contributed by atoms with E-state index in [0.717, 1.165) is 11.1 Å². The minimum absolute atomic E-state index is 0.00290. The molecule has 0 fully saturated rings. The van der Waals surface area contributed by atoms with Crippen LogP contribution in [0.2, 0.25) is 0 Å². The molecule has 0 aliphatic carbocycles. The molecule has 3 aromatic rings. The van der Waals surface area contributed by atoms with Crippen LogP contribution in [0.5, 0.6) is 11.5 Å². The summed E-state index contributed by atoms with van der Waals surface area (Å²) >= 11 is 0. The number of amides is 2. The van der Waals surface area contributed by atoms with E-state index in [0.29, 0.717) is 11.1 Å². The van der Waals surface area contributed by atoms with Crippen molar-refractivity contribution in [1.29, 1.82) is 0 Å². The fourth-order valence-electron chi connectivity index (χ4n) is 2.95. The van der Waals surface area contributed by atoms with Gasteiger partial charge < -0.3 is 20.1 Å². The summed E-state index contributed by atoms with van der Waals surface area (Å²) in [6.45, 7) is 0.557. The van der Waals surface area contributed by atoms with Gasteiger partial charge in [0.15, 0.2) is 23.1 Å².